The van der Waals surface area contributed by atoms with Crippen LogP contribution >= 0.6 is 0 Å². The Bertz CT molecular complexity index is 1110. The van der Waals surface area contributed by atoms with Gasteiger partial charge < -0.3 is 35.0 Å². The lowest BCUT2D eigenvalue weighted by Crippen LogP contribution is -2.34. The smallest absolute Gasteiger partial charge is 0.338 e. The molecule has 154 valence electrons. The maximum atomic E-state index is 12.6. The van der Waals surface area contributed by atoms with E-state index < -0.39 is 18.2 Å². The van der Waals surface area contributed by atoms with E-state index in [1.807, 2.05) is 0 Å². The Balaban J connectivity index is 1.71. The summed E-state index contributed by atoms with van der Waals surface area (Å²) in [6, 6.07) is 12.1. The first-order valence-electron chi connectivity index (χ1n) is 9.05. The number of hydrogen-bond donors (Lipinski definition) is 5. The first kappa shape index (κ1) is 19.3. The van der Waals surface area contributed by atoms with E-state index in [1.165, 1.54) is 48.5 Å². The standard InChI is InChI=1S/C22H18O8/c23-13-4-1-11(2-5-13)22(28)30-20-10-15-17(26)8-14(24)9-19(15)29-21(20)12-3-6-16(25)18(27)7-12/h1-9,20-21,23-27H,10H2/t20-,21-/m1/s1. The van der Waals surface area contributed by atoms with E-state index in [-0.39, 0.29) is 46.5 Å². The van der Waals surface area contributed by atoms with Gasteiger partial charge in [-0.3, -0.25) is 0 Å². The molecular formula is C22H18O8. The summed E-state index contributed by atoms with van der Waals surface area (Å²) < 4.78 is 11.5. The highest BCUT2D eigenvalue weighted by molar-refractivity contribution is 5.89. The number of ether oxygens (including phenoxy) is 2. The molecular weight excluding hydrogens is 392 g/mol. The topological polar surface area (TPSA) is 137 Å². The summed E-state index contributed by atoms with van der Waals surface area (Å²) in [4.78, 5) is 12.6. The lowest BCUT2D eigenvalue weighted by atomic mass is 9.93. The van der Waals surface area contributed by atoms with Gasteiger partial charge in [0.2, 0.25) is 0 Å². The van der Waals surface area contributed by atoms with Gasteiger partial charge in [0.05, 0.1) is 5.56 Å². The van der Waals surface area contributed by atoms with Crippen LogP contribution in [0.5, 0.6) is 34.5 Å². The Kier molecular flexibility index (Phi) is 4.75. The zero-order valence-corrected chi connectivity index (χ0v) is 15.5. The highest BCUT2D eigenvalue weighted by Crippen LogP contribution is 2.43. The van der Waals surface area contributed by atoms with Crippen molar-refractivity contribution in [1.29, 1.82) is 0 Å². The first-order chi connectivity index (χ1) is 14.3. The molecule has 0 radical (unpaired) electrons. The maximum Gasteiger partial charge on any atom is 0.338 e. The molecule has 30 heavy (non-hydrogen) atoms. The highest BCUT2D eigenvalue weighted by atomic mass is 16.6. The van der Waals surface area contributed by atoms with Crippen molar-refractivity contribution in [2.45, 2.75) is 18.6 Å². The summed E-state index contributed by atoms with van der Waals surface area (Å²) >= 11 is 0. The third kappa shape index (κ3) is 3.62. The van der Waals surface area contributed by atoms with Crippen LogP contribution in [0.25, 0.3) is 0 Å². The molecule has 0 amide bonds. The summed E-state index contributed by atoms with van der Waals surface area (Å²) in [7, 11) is 0. The number of carbonyl (C=O) groups excluding carboxylic acids is 1. The fourth-order valence-corrected chi connectivity index (χ4v) is 3.35. The van der Waals surface area contributed by atoms with Gasteiger partial charge in [0, 0.05) is 29.7 Å². The van der Waals surface area contributed by atoms with E-state index in [1.54, 1.807) is 0 Å². The highest BCUT2D eigenvalue weighted by Gasteiger charge is 2.36. The van der Waals surface area contributed by atoms with Crippen molar-refractivity contribution in [3.05, 3.63) is 71.3 Å². The molecule has 0 saturated heterocycles. The Morgan fingerprint density at radius 3 is 2.27 bits per heavy atom. The summed E-state index contributed by atoms with van der Waals surface area (Å²) in [5, 5.41) is 48.8. The van der Waals surface area contributed by atoms with Crippen LogP contribution in [-0.4, -0.2) is 37.6 Å². The van der Waals surface area contributed by atoms with E-state index in [9.17, 15) is 30.3 Å². The summed E-state index contributed by atoms with van der Waals surface area (Å²) in [5.74, 6) is -1.54. The summed E-state index contributed by atoms with van der Waals surface area (Å²) in [6.45, 7) is 0. The van der Waals surface area contributed by atoms with Gasteiger partial charge in [-0.1, -0.05) is 6.07 Å². The lowest BCUT2D eigenvalue weighted by molar-refractivity contribution is -0.0188. The Hall–Kier alpha value is -4.07. The molecule has 1 aliphatic rings. The molecule has 0 bridgehead atoms. The minimum atomic E-state index is -0.891. The monoisotopic (exact) mass is 410 g/mol. The third-order valence-electron chi connectivity index (χ3n) is 4.86. The number of phenolic OH excluding ortho intramolecular Hbond substituents is 5. The van der Waals surface area contributed by atoms with Gasteiger partial charge in [-0.2, -0.15) is 0 Å². The summed E-state index contributed by atoms with van der Waals surface area (Å²) in [5.41, 5.74) is 0.985. The van der Waals surface area contributed by atoms with Crippen LogP contribution in [0.1, 0.15) is 27.6 Å². The van der Waals surface area contributed by atoms with Crippen LogP contribution in [0.15, 0.2) is 54.6 Å². The molecule has 1 aliphatic heterocycles. The van der Waals surface area contributed by atoms with Crippen molar-refractivity contribution in [2.24, 2.45) is 0 Å². The molecule has 2 atom stereocenters. The fourth-order valence-electron chi connectivity index (χ4n) is 3.35. The first-order valence-corrected chi connectivity index (χ1v) is 9.05. The number of carbonyl (C=O) groups is 1. The zero-order chi connectivity index (χ0) is 21.4. The van der Waals surface area contributed by atoms with Gasteiger partial charge in [0.1, 0.15) is 29.1 Å². The Labute approximate surface area is 170 Å². The van der Waals surface area contributed by atoms with Crippen LogP contribution in [0.4, 0.5) is 0 Å². The minimum Gasteiger partial charge on any atom is -0.508 e. The van der Waals surface area contributed by atoms with Crippen LogP contribution in [0.2, 0.25) is 0 Å². The molecule has 3 aromatic carbocycles. The number of aromatic hydroxyl groups is 5. The van der Waals surface area contributed by atoms with Gasteiger partial charge in [-0.15, -0.1) is 0 Å². The second kappa shape index (κ2) is 7.40. The lowest BCUT2D eigenvalue weighted by Gasteiger charge is -2.34. The predicted octanol–water partition coefficient (Wildman–Crippen LogP) is 3.12. The van der Waals surface area contributed by atoms with Gasteiger partial charge in [0.25, 0.3) is 0 Å². The Morgan fingerprint density at radius 2 is 1.57 bits per heavy atom. The maximum absolute atomic E-state index is 12.6. The van der Waals surface area contributed by atoms with Crippen molar-refractivity contribution in [3.63, 3.8) is 0 Å². The second-order valence-corrected chi connectivity index (χ2v) is 6.92. The molecule has 3 aromatic rings. The van der Waals surface area contributed by atoms with Crippen LogP contribution in [0.3, 0.4) is 0 Å². The van der Waals surface area contributed by atoms with Crippen molar-refractivity contribution < 1.29 is 39.8 Å². The normalized spacial score (nSPS) is 17.6. The number of rotatable bonds is 3. The molecule has 4 rings (SSSR count). The van der Waals surface area contributed by atoms with Gasteiger partial charge in [-0.25, -0.2) is 4.79 Å². The number of fused-ring (bicyclic) bond motifs is 1. The number of hydrogen-bond acceptors (Lipinski definition) is 8. The molecule has 1 heterocycles. The van der Waals surface area contributed by atoms with Gasteiger partial charge in [-0.05, 0) is 36.4 Å². The average molecular weight is 410 g/mol. The van der Waals surface area contributed by atoms with E-state index in [2.05, 4.69) is 0 Å². The molecule has 8 heteroatoms. The van der Waals surface area contributed by atoms with E-state index >= 15 is 0 Å². The number of benzene rings is 3. The zero-order valence-electron chi connectivity index (χ0n) is 15.5. The van der Waals surface area contributed by atoms with Gasteiger partial charge in [0.15, 0.2) is 17.6 Å². The van der Waals surface area contributed by atoms with Crippen molar-refractivity contribution >= 4 is 5.97 Å². The average Bonchev–Trinajstić information content (AvgIpc) is 2.70. The molecule has 8 nitrogen and oxygen atoms in total. The Morgan fingerprint density at radius 1 is 0.833 bits per heavy atom. The van der Waals surface area contributed by atoms with Crippen molar-refractivity contribution in [1.82, 2.24) is 0 Å². The molecule has 0 unspecified atom stereocenters. The van der Waals surface area contributed by atoms with Crippen LogP contribution in [-0.2, 0) is 11.2 Å². The molecule has 0 saturated carbocycles. The SMILES string of the molecule is O=C(O[C@@H]1Cc2c(O)cc(O)cc2O[C@@H]1c1ccc(O)c(O)c1)c1ccc(O)cc1. The number of phenols is 5. The summed E-state index contributed by atoms with van der Waals surface area (Å²) in [6.07, 6.45) is -1.69. The van der Waals surface area contributed by atoms with E-state index in [0.29, 0.717) is 11.1 Å². The molecule has 0 spiro atoms. The van der Waals surface area contributed by atoms with Crippen LogP contribution < -0.4 is 4.74 Å². The largest absolute Gasteiger partial charge is 0.508 e. The predicted molar refractivity (Wildman–Crippen MR) is 104 cm³/mol. The quantitative estimate of drug-likeness (QED) is 0.328. The molecule has 0 fully saturated rings. The van der Waals surface area contributed by atoms with E-state index in [0.717, 1.165) is 6.07 Å². The second-order valence-electron chi connectivity index (χ2n) is 6.92. The number of esters is 1. The van der Waals surface area contributed by atoms with Crippen molar-refractivity contribution in [3.8, 4) is 34.5 Å². The van der Waals surface area contributed by atoms with Crippen LogP contribution in [0, 0.1) is 0 Å². The van der Waals surface area contributed by atoms with E-state index in [4.69, 9.17) is 9.47 Å². The molecule has 5 N–H and O–H groups in total. The van der Waals surface area contributed by atoms with Gasteiger partial charge >= 0.3 is 5.97 Å². The third-order valence-corrected chi connectivity index (χ3v) is 4.86. The molecule has 0 aliphatic carbocycles. The van der Waals surface area contributed by atoms with Crippen molar-refractivity contribution in [2.75, 3.05) is 0 Å². The fraction of sp³-hybridized carbons (Fsp3) is 0.136. The molecule has 0 aromatic heterocycles. The minimum absolute atomic E-state index is 0.00338.